The minimum Gasteiger partial charge on any atom is -0.337 e. The summed E-state index contributed by atoms with van der Waals surface area (Å²) in [6.45, 7) is 4.21. The molecule has 2 aromatic carbocycles. The number of carbonyl (C=O) groups excluding carboxylic acids is 1. The Labute approximate surface area is 172 Å². The minimum absolute atomic E-state index is 0.0281. The Morgan fingerprint density at radius 2 is 1.72 bits per heavy atom. The number of carbonyl (C=O) groups is 1. The van der Waals surface area contributed by atoms with E-state index in [9.17, 15) is 4.79 Å². The fraction of sp³-hybridized carbons (Fsp3) is 0.200. The quantitative estimate of drug-likeness (QED) is 0.491. The first-order valence-electron chi connectivity index (χ1n) is 9.91. The summed E-state index contributed by atoms with van der Waals surface area (Å²) >= 11 is 0. The number of aryl methyl sites for hydroxylation is 1. The number of aromatic nitrogens is 2. The Kier molecular flexibility index (Phi) is 7.58. The topological polar surface area (TPSA) is 38.1 Å². The molecule has 3 aromatic rings. The van der Waals surface area contributed by atoms with E-state index in [1.165, 1.54) is 0 Å². The first-order valence-corrected chi connectivity index (χ1v) is 9.91. The predicted molar refractivity (Wildman–Crippen MR) is 119 cm³/mol. The van der Waals surface area contributed by atoms with Crippen molar-refractivity contribution in [3.63, 3.8) is 0 Å². The van der Waals surface area contributed by atoms with Gasteiger partial charge >= 0.3 is 0 Å². The van der Waals surface area contributed by atoms with Gasteiger partial charge in [0.1, 0.15) is 0 Å². The molecule has 0 fully saturated rings. The lowest BCUT2D eigenvalue weighted by molar-refractivity contribution is -0.125. The fourth-order valence-electron chi connectivity index (χ4n) is 3.15. The van der Waals surface area contributed by atoms with E-state index in [0.717, 1.165) is 29.7 Å². The lowest BCUT2D eigenvalue weighted by Crippen LogP contribution is -2.32. The summed E-state index contributed by atoms with van der Waals surface area (Å²) in [6.07, 6.45) is 12.1. The van der Waals surface area contributed by atoms with E-state index < -0.39 is 0 Å². The van der Waals surface area contributed by atoms with Crippen LogP contribution in [-0.2, 0) is 11.3 Å². The van der Waals surface area contributed by atoms with E-state index >= 15 is 0 Å². The van der Waals surface area contributed by atoms with Gasteiger partial charge in [0.2, 0.25) is 5.91 Å². The zero-order valence-corrected chi connectivity index (χ0v) is 16.8. The van der Waals surface area contributed by atoms with Gasteiger partial charge in [-0.15, -0.1) is 0 Å². The highest BCUT2D eigenvalue weighted by atomic mass is 16.2. The Hall–Kier alpha value is -3.40. The van der Waals surface area contributed by atoms with E-state index in [0.29, 0.717) is 13.1 Å². The third kappa shape index (κ3) is 6.92. The van der Waals surface area contributed by atoms with Gasteiger partial charge in [-0.3, -0.25) is 4.79 Å². The number of benzene rings is 2. The van der Waals surface area contributed by atoms with Gasteiger partial charge in [0, 0.05) is 38.1 Å². The third-order valence-corrected chi connectivity index (χ3v) is 4.59. The van der Waals surface area contributed by atoms with Crippen molar-refractivity contribution < 1.29 is 4.79 Å². The molecule has 0 spiro atoms. The zero-order chi connectivity index (χ0) is 20.3. The number of imidazole rings is 1. The second-order valence-electron chi connectivity index (χ2n) is 7.06. The normalized spacial score (nSPS) is 11.7. The summed E-state index contributed by atoms with van der Waals surface area (Å²) < 4.78 is 2.04. The maximum atomic E-state index is 12.9. The molecular formula is C25H27N3O. The van der Waals surface area contributed by atoms with Crippen molar-refractivity contribution in [2.75, 3.05) is 13.1 Å². The van der Waals surface area contributed by atoms with Gasteiger partial charge in [0.05, 0.1) is 6.33 Å². The highest BCUT2D eigenvalue weighted by molar-refractivity contribution is 5.92. The summed E-state index contributed by atoms with van der Waals surface area (Å²) in [5.74, 6) is 0.0281. The van der Waals surface area contributed by atoms with Crippen molar-refractivity contribution in [1.82, 2.24) is 14.5 Å². The average Bonchev–Trinajstić information content (AvgIpc) is 3.26. The average molecular weight is 386 g/mol. The zero-order valence-electron chi connectivity index (χ0n) is 16.8. The summed E-state index contributed by atoms with van der Waals surface area (Å²) in [5.41, 5.74) is 3.33. The van der Waals surface area contributed by atoms with Crippen LogP contribution in [0.3, 0.4) is 0 Å². The Morgan fingerprint density at radius 3 is 2.38 bits per heavy atom. The maximum absolute atomic E-state index is 12.9. The third-order valence-electron chi connectivity index (χ3n) is 4.59. The van der Waals surface area contributed by atoms with Gasteiger partial charge in [0.15, 0.2) is 0 Å². The molecule has 1 heterocycles. The molecule has 0 bridgehead atoms. The van der Waals surface area contributed by atoms with Crippen LogP contribution >= 0.6 is 0 Å². The summed E-state index contributed by atoms with van der Waals surface area (Å²) in [5, 5.41) is 0. The Bertz CT molecular complexity index is 929. The molecule has 1 aromatic heterocycles. The van der Waals surface area contributed by atoms with E-state index in [-0.39, 0.29) is 5.91 Å². The van der Waals surface area contributed by atoms with Crippen molar-refractivity contribution in [3.8, 4) is 0 Å². The van der Waals surface area contributed by atoms with Gasteiger partial charge in [0.25, 0.3) is 0 Å². The molecule has 0 aliphatic heterocycles. The number of nitrogens with zero attached hydrogens (tertiary/aromatic N) is 3. The summed E-state index contributed by atoms with van der Waals surface area (Å²) in [7, 11) is 0. The number of hydrogen-bond donors (Lipinski definition) is 0. The highest BCUT2D eigenvalue weighted by Gasteiger charge is 2.11. The number of hydrogen-bond acceptors (Lipinski definition) is 2. The minimum atomic E-state index is 0.0281. The van der Waals surface area contributed by atoms with Crippen molar-refractivity contribution in [2.45, 2.75) is 19.9 Å². The van der Waals surface area contributed by atoms with Crippen LogP contribution in [-0.4, -0.2) is 33.4 Å². The van der Waals surface area contributed by atoms with E-state index in [1.807, 2.05) is 76.6 Å². The number of amides is 1. The second-order valence-corrected chi connectivity index (χ2v) is 7.06. The molecule has 4 nitrogen and oxygen atoms in total. The van der Waals surface area contributed by atoms with Gasteiger partial charge in [-0.1, -0.05) is 72.3 Å². The van der Waals surface area contributed by atoms with Crippen molar-refractivity contribution in [3.05, 3.63) is 102 Å². The van der Waals surface area contributed by atoms with Crippen LogP contribution in [0.15, 0.2) is 91.0 Å². The molecule has 4 heteroatoms. The summed E-state index contributed by atoms with van der Waals surface area (Å²) in [6, 6.07) is 20.1. The summed E-state index contributed by atoms with van der Waals surface area (Å²) in [4.78, 5) is 18.9. The van der Waals surface area contributed by atoms with E-state index in [2.05, 4.69) is 30.1 Å². The van der Waals surface area contributed by atoms with Crippen LogP contribution in [0.1, 0.15) is 24.5 Å². The van der Waals surface area contributed by atoms with Crippen molar-refractivity contribution in [1.29, 1.82) is 0 Å². The Morgan fingerprint density at radius 1 is 1.03 bits per heavy atom. The predicted octanol–water partition coefficient (Wildman–Crippen LogP) is 4.92. The maximum Gasteiger partial charge on any atom is 0.246 e. The molecular weight excluding hydrogens is 358 g/mol. The van der Waals surface area contributed by atoms with Gasteiger partial charge in [-0.2, -0.15) is 0 Å². The first-order chi connectivity index (χ1) is 14.2. The molecule has 3 rings (SSSR count). The molecule has 0 saturated carbocycles. The van der Waals surface area contributed by atoms with E-state index in [1.54, 1.807) is 12.3 Å². The molecule has 0 atom stereocenters. The second kappa shape index (κ2) is 10.8. The largest absolute Gasteiger partial charge is 0.337 e. The monoisotopic (exact) mass is 385 g/mol. The van der Waals surface area contributed by atoms with Crippen LogP contribution in [0.5, 0.6) is 0 Å². The van der Waals surface area contributed by atoms with Crippen LogP contribution in [0.4, 0.5) is 0 Å². The van der Waals surface area contributed by atoms with Crippen LogP contribution in [0, 0.1) is 0 Å². The molecule has 0 unspecified atom stereocenters. The highest BCUT2D eigenvalue weighted by Crippen LogP contribution is 2.10. The fourth-order valence-corrected chi connectivity index (χ4v) is 3.15. The number of rotatable bonds is 9. The standard InChI is InChI=1S/C25H27N3O/c1-22(19-24-11-6-3-7-12-24)20-28(17-8-16-27-18-15-26-21-27)25(29)14-13-23-9-4-2-5-10-23/h2-7,9-15,18-19,21H,8,16-17,20H2,1H3/b14-13+,22-19+. The Balaban J connectivity index is 1.66. The molecule has 0 aliphatic rings. The molecule has 29 heavy (non-hydrogen) atoms. The van der Waals surface area contributed by atoms with Crippen molar-refractivity contribution in [2.24, 2.45) is 0 Å². The molecule has 1 amide bonds. The first kappa shape index (κ1) is 20.3. The van der Waals surface area contributed by atoms with Crippen LogP contribution < -0.4 is 0 Å². The smallest absolute Gasteiger partial charge is 0.246 e. The van der Waals surface area contributed by atoms with Crippen LogP contribution in [0.25, 0.3) is 12.2 Å². The molecule has 0 aliphatic carbocycles. The van der Waals surface area contributed by atoms with Gasteiger partial charge in [-0.25, -0.2) is 4.98 Å². The lowest BCUT2D eigenvalue weighted by atomic mass is 10.1. The van der Waals surface area contributed by atoms with Gasteiger partial charge in [-0.05, 0) is 30.5 Å². The van der Waals surface area contributed by atoms with E-state index in [4.69, 9.17) is 0 Å². The molecule has 0 N–H and O–H groups in total. The van der Waals surface area contributed by atoms with Gasteiger partial charge < -0.3 is 9.47 Å². The van der Waals surface area contributed by atoms with Crippen LogP contribution in [0.2, 0.25) is 0 Å². The lowest BCUT2D eigenvalue weighted by Gasteiger charge is -2.22. The molecule has 148 valence electrons. The molecule has 0 saturated heterocycles. The van der Waals surface area contributed by atoms with Crippen molar-refractivity contribution >= 4 is 18.1 Å². The SMILES string of the molecule is C/C(=C\c1ccccc1)CN(CCCn1ccnc1)C(=O)/C=C/c1ccccc1. The molecule has 0 radical (unpaired) electrons.